The highest BCUT2D eigenvalue weighted by Crippen LogP contribution is 2.36. The van der Waals surface area contributed by atoms with E-state index in [0.717, 1.165) is 26.2 Å². The van der Waals surface area contributed by atoms with Crippen LogP contribution in [-0.2, 0) is 6.54 Å². The number of imidazole rings is 1. The molecule has 0 unspecified atom stereocenters. The molecule has 0 aromatic carbocycles. The van der Waals surface area contributed by atoms with Gasteiger partial charge in [-0.15, -0.1) is 0 Å². The molecule has 0 bridgehead atoms. The van der Waals surface area contributed by atoms with Gasteiger partial charge in [0.15, 0.2) is 0 Å². The Hall–Kier alpha value is -1.21. The van der Waals surface area contributed by atoms with Crippen molar-refractivity contribution in [3.8, 4) is 0 Å². The highest BCUT2D eigenvalue weighted by Gasteiger charge is 2.40. The number of amides is 2. The first kappa shape index (κ1) is 16.6. The molecule has 1 aliphatic heterocycles. The van der Waals surface area contributed by atoms with Crippen LogP contribution in [0.3, 0.4) is 0 Å². The molecule has 128 valence electrons. The highest BCUT2D eigenvalue weighted by atomic mass is 32.2. The van der Waals surface area contributed by atoms with E-state index in [1.54, 1.807) is 12.5 Å². The molecule has 23 heavy (non-hydrogen) atoms. The minimum absolute atomic E-state index is 0.0530. The molecule has 0 radical (unpaired) electrons. The SMILES string of the molecule is O=C(NCCn1ccnc1)NCC1(N2CCSCC2)CCCC1. The summed E-state index contributed by atoms with van der Waals surface area (Å²) in [6.45, 7) is 4.47. The van der Waals surface area contributed by atoms with E-state index < -0.39 is 0 Å². The molecule has 1 saturated carbocycles. The smallest absolute Gasteiger partial charge is 0.314 e. The van der Waals surface area contributed by atoms with Gasteiger partial charge in [0.25, 0.3) is 0 Å². The second-order valence-corrected chi connectivity index (χ2v) is 7.67. The Morgan fingerprint density at radius 2 is 2.00 bits per heavy atom. The number of thioether (sulfide) groups is 1. The van der Waals surface area contributed by atoms with Gasteiger partial charge in [0, 0.05) is 62.2 Å². The maximum absolute atomic E-state index is 12.1. The lowest BCUT2D eigenvalue weighted by Gasteiger charge is -2.43. The fourth-order valence-electron chi connectivity index (χ4n) is 3.70. The molecule has 7 heteroatoms. The summed E-state index contributed by atoms with van der Waals surface area (Å²) >= 11 is 2.04. The minimum atomic E-state index is -0.0530. The van der Waals surface area contributed by atoms with Gasteiger partial charge in [-0.1, -0.05) is 12.8 Å². The number of hydrogen-bond donors (Lipinski definition) is 2. The topological polar surface area (TPSA) is 62.2 Å². The Kier molecular flexibility index (Phi) is 5.83. The molecule has 2 heterocycles. The fraction of sp³-hybridized carbons (Fsp3) is 0.750. The number of urea groups is 1. The number of hydrogen-bond acceptors (Lipinski definition) is 4. The Balaban J connectivity index is 1.43. The van der Waals surface area contributed by atoms with E-state index in [1.165, 1.54) is 37.2 Å². The normalized spacial score (nSPS) is 21.2. The van der Waals surface area contributed by atoms with Crippen LogP contribution < -0.4 is 10.6 Å². The maximum Gasteiger partial charge on any atom is 0.314 e. The lowest BCUT2D eigenvalue weighted by atomic mass is 9.94. The molecule has 1 aromatic rings. The summed E-state index contributed by atoms with van der Waals surface area (Å²) in [5, 5.41) is 6.06. The largest absolute Gasteiger partial charge is 0.336 e. The number of nitrogens with zero attached hydrogens (tertiary/aromatic N) is 3. The highest BCUT2D eigenvalue weighted by molar-refractivity contribution is 7.99. The van der Waals surface area contributed by atoms with Crippen molar-refractivity contribution < 1.29 is 4.79 Å². The quantitative estimate of drug-likeness (QED) is 0.827. The summed E-state index contributed by atoms with van der Waals surface area (Å²) in [6, 6.07) is -0.0530. The van der Waals surface area contributed by atoms with Gasteiger partial charge in [0.2, 0.25) is 0 Å². The summed E-state index contributed by atoms with van der Waals surface area (Å²) in [7, 11) is 0. The molecule has 2 N–H and O–H groups in total. The Morgan fingerprint density at radius 1 is 1.22 bits per heavy atom. The van der Waals surface area contributed by atoms with Crippen molar-refractivity contribution in [1.82, 2.24) is 25.1 Å². The van der Waals surface area contributed by atoms with Gasteiger partial charge in [0.1, 0.15) is 0 Å². The lowest BCUT2D eigenvalue weighted by Crippen LogP contribution is -2.57. The van der Waals surface area contributed by atoms with Gasteiger partial charge in [-0.05, 0) is 12.8 Å². The number of carbonyl (C=O) groups excluding carboxylic acids is 1. The first-order valence-corrected chi connectivity index (χ1v) is 9.74. The summed E-state index contributed by atoms with van der Waals surface area (Å²) < 4.78 is 1.96. The van der Waals surface area contributed by atoms with Crippen molar-refractivity contribution >= 4 is 17.8 Å². The van der Waals surface area contributed by atoms with Crippen LogP contribution in [0.15, 0.2) is 18.7 Å². The third-order valence-electron chi connectivity index (χ3n) is 5.01. The van der Waals surface area contributed by atoms with Gasteiger partial charge in [-0.2, -0.15) is 11.8 Å². The van der Waals surface area contributed by atoms with Crippen molar-refractivity contribution in [3.63, 3.8) is 0 Å². The molecule has 3 rings (SSSR count). The van der Waals surface area contributed by atoms with Crippen LogP contribution in [0.5, 0.6) is 0 Å². The number of aromatic nitrogens is 2. The zero-order valence-corrected chi connectivity index (χ0v) is 14.5. The van der Waals surface area contributed by atoms with Crippen molar-refractivity contribution in [2.45, 2.75) is 37.8 Å². The minimum Gasteiger partial charge on any atom is -0.336 e. The third kappa shape index (κ3) is 4.41. The van der Waals surface area contributed by atoms with Gasteiger partial charge in [-0.3, -0.25) is 4.90 Å². The molecule has 0 atom stereocenters. The molecule has 0 spiro atoms. The third-order valence-corrected chi connectivity index (χ3v) is 5.95. The zero-order chi connectivity index (χ0) is 16.0. The van der Waals surface area contributed by atoms with E-state index in [-0.39, 0.29) is 11.6 Å². The van der Waals surface area contributed by atoms with E-state index in [0.29, 0.717) is 6.54 Å². The summed E-state index contributed by atoms with van der Waals surface area (Å²) in [4.78, 5) is 18.7. The number of rotatable bonds is 6. The van der Waals surface area contributed by atoms with Crippen LogP contribution in [0.25, 0.3) is 0 Å². The molecular weight excluding hydrogens is 310 g/mol. The second kappa shape index (κ2) is 8.06. The van der Waals surface area contributed by atoms with Crippen LogP contribution in [0.2, 0.25) is 0 Å². The molecule has 1 saturated heterocycles. The van der Waals surface area contributed by atoms with Crippen LogP contribution in [0.4, 0.5) is 4.79 Å². The van der Waals surface area contributed by atoms with Gasteiger partial charge in [-0.25, -0.2) is 9.78 Å². The lowest BCUT2D eigenvalue weighted by molar-refractivity contribution is 0.104. The summed E-state index contributed by atoms with van der Waals surface area (Å²) in [5.74, 6) is 2.44. The van der Waals surface area contributed by atoms with Crippen molar-refractivity contribution in [2.75, 3.05) is 37.7 Å². The molecule has 2 amide bonds. The van der Waals surface area contributed by atoms with Crippen LogP contribution >= 0.6 is 11.8 Å². The average Bonchev–Trinajstić information content (AvgIpc) is 3.26. The predicted molar refractivity (Wildman–Crippen MR) is 93.7 cm³/mol. The van der Waals surface area contributed by atoms with Crippen molar-refractivity contribution in [1.29, 1.82) is 0 Å². The number of nitrogens with one attached hydrogen (secondary N) is 2. The summed E-state index contributed by atoms with van der Waals surface area (Å²) in [5.41, 5.74) is 0.197. The average molecular weight is 337 g/mol. The van der Waals surface area contributed by atoms with E-state index in [4.69, 9.17) is 0 Å². The first-order chi connectivity index (χ1) is 11.3. The Labute approximate surface area is 142 Å². The van der Waals surface area contributed by atoms with Crippen molar-refractivity contribution in [3.05, 3.63) is 18.7 Å². The van der Waals surface area contributed by atoms with Crippen LogP contribution in [0.1, 0.15) is 25.7 Å². The van der Waals surface area contributed by atoms with E-state index in [1.807, 2.05) is 22.5 Å². The molecule has 1 aliphatic carbocycles. The Bertz CT molecular complexity index is 481. The van der Waals surface area contributed by atoms with Gasteiger partial charge >= 0.3 is 6.03 Å². The molecule has 2 fully saturated rings. The molecular formula is C16H27N5OS. The van der Waals surface area contributed by atoms with Gasteiger partial charge < -0.3 is 15.2 Å². The summed E-state index contributed by atoms with van der Waals surface area (Å²) in [6.07, 6.45) is 10.4. The second-order valence-electron chi connectivity index (χ2n) is 6.44. The monoisotopic (exact) mass is 337 g/mol. The standard InChI is InChI=1S/C16H27N5OS/c22-15(18-6-8-20-7-5-17-14-20)19-13-16(3-1-2-4-16)21-9-11-23-12-10-21/h5,7,14H,1-4,6,8-13H2,(H2,18,19,22). The van der Waals surface area contributed by atoms with Crippen LogP contribution in [0, 0.1) is 0 Å². The predicted octanol–water partition coefficient (Wildman–Crippen LogP) is 1.54. The fourth-order valence-corrected chi connectivity index (χ4v) is 4.60. The maximum atomic E-state index is 12.1. The molecule has 1 aromatic heterocycles. The van der Waals surface area contributed by atoms with Crippen LogP contribution in [-0.4, -0.2) is 63.7 Å². The van der Waals surface area contributed by atoms with Crippen molar-refractivity contribution in [2.24, 2.45) is 0 Å². The first-order valence-electron chi connectivity index (χ1n) is 8.59. The van der Waals surface area contributed by atoms with E-state index in [9.17, 15) is 4.79 Å². The van der Waals surface area contributed by atoms with E-state index in [2.05, 4.69) is 20.5 Å². The number of carbonyl (C=O) groups is 1. The molecule has 6 nitrogen and oxygen atoms in total. The van der Waals surface area contributed by atoms with E-state index >= 15 is 0 Å². The Morgan fingerprint density at radius 3 is 2.70 bits per heavy atom. The zero-order valence-electron chi connectivity index (χ0n) is 13.7. The molecule has 2 aliphatic rings. The van der Waals surface area contributed by atoms with Gasteiger partial charge in [0.05, 0.1) is 6.33 Å².